The third kappa shape index (κ3) is 4.76. The fraction of sp³-hybridized carbons (Fsp3) is 0.318. The minimum atomic E-state index is -0.697. The van der Waals surface area contributed by atoms with E-state index in [9.17, 15) is 14.4 Å². The highest BCUT2D eigenvalue weighted by atomic mass is 16.5. The van der Waals surface area contributed by atoms with Gasteiger partial charge in [0, 0.05) is 6.54 Å². The number of ether oxygens (including phenoxy) is 1. The van der Waals surface area contributed by atoms with Gasteiger partial charge in [-0.2, -0.15) is 0 Å². The standard InChI is InChI=1S/C22H24N2O4/c25-19(24-21(27)23-15-17-9-3-1-4-10-17)16-28-20(26)22(13-7-8-14-22)18-11-5-2-6-12-18/h1-6,9-12H,7-8,13-16H2,(H2,23,24,25,27). The van der Waals surface area contributed by atoms with Gasteiger partial charge in [0.25, 0.3) is 5.91 Å². The topological polar surface area (TPSA) is 84.5 Å². The summed E-state index contributed by atoms with van der Waals surface area (Å²) in [5.41, 5.74) is 1.14. The molecule has 2 aromatic rings. The number of amides is 3. The van der Waals surface area contributed by atoms with Crippen molar-refractivity contribution in [1.82, 2.24) is 10.6 Å². The number of hydrogen-bond donors (Lipinski definition) is 2. The number of carbonyl (C=O) groups excluding carboxylic acids is 3. The molecule has 146 valence electrons. The van der Waals surface area contributed by atoms with Crippen molar-refractivity contribution in [3.05, 3.63) is 71.8 Å². The molecule has 0 atom stereocenters. The number of carbonyl (C=O) groups is 3. The lowest BCUT2D eigenvalue weighted by atomic mass is 9.79. The molecular formula is C22H24N2O4. The van der Waals surface area contributed by atoms with Crippen LogP contribution < -0.4 is 10.6 Å². The average Bonchev–Trinajstić information content (AvgIpc) is 3.23. The lowest BCUT2D eigenvalue weighted by Crippen LogP contribution is -2.42. The zero-order valence-electron chi connectivity index (χ0n) is 15.6. The molecule has 0 unspecified atom stereocenters. The van der Waals surface area contributed by atoms with Gasteiger partial charge in [0.2, 0.25) is 0 Å². The Labute approximate surface area is 164 Å². The third-order valence-corrected chi connectivity index (χ3v) is 5.06. The first-order valence-corrected chi connectivity index (χ1v) is 9.44. The van der Waals surface area contributed by atoms with Gasteiger partial charge < -0.3 is 10.1 Å². The normalized spacial score (nSPS) is 14.9. The van der Waals surface area contributed by atoms with Crippen LogP contribution in [0.4, 0.5) is 4.79 Å². The molecule has 2 N–H and O–H groups in total. The molecular weight excluding hydrogens is 356 g/mol. The fourth-order valence-corrected chi connectivity index (χ4v) is 3.60. The average molecular weight is 380 g/mol. The highest BCUT2D eigenvalue weighted by Gasteiger charge is 2.44. The Morgan fingerprint density at radius 3 is 2.14 bits per heavy atom. The van der Waals surface area contributed by atoms with Gasteiger partial charge >= 0.3 is 12.0 Å². The molecule has 0 spiro atoms. The summed E-state index contributed by atoms with van der Waals surface area (Å²) in [5, 5.41) is 4.78. The summed E-state index contributed by atoms with van der Waals surface area (Å²) in [5.74, 6) is -1.06. The second-order valence-electron chi connectivity index (χ2n) is 6.95. The van der Waals surface area contributed by atoms with Crippen LogP contribution in [0.3, 0.4) is 0 Å². The molecule has 6 nitrogen and oxygen atoms in total. The van der Waals surface area contributed by atoms with E-state index in [1.807, 2.05) is 60.7 Å². The van der Waals surface area contributed by atoms with E-state index in [1.165, 1.54) is 0 Å². The van der Waals surface area contributed by atoms with Crippen LogP contribution in [0, 0.1) is 0 Å². The smallest absolute Gasteiger partial charge is 0.321 e. The van der Waals surface area contributed by atoms with Crippen molar-refractivity contribution in [2.24, 2.45) is 0 Å². The van der Waals surface area contributed by atoms with E-state index in [-0.39, 0.29) is 0 Å². The molecule has 0 bridgehead atoms. The van der Waals surface area contributed by atoms with Crippen molar-refractivity contribution in [3.63, 3.8) is 0 Å². The maximum absolute atomic E-state index is 12.8. The molecule has 0 saturated heterocycles. The Morgan fingerprint density at radius 2 is 1.50 bits per heavy atom. The fourth-order valence-electron chi connectivity index (χ4n) is 3.60. The summed E-state index contributed by atoms with van der Waals surface area (Å²) < 4.78 is 5.28. The molecule has 0 aromatic heterocycles. The van der Waals surface area contributed by atoms with Crippen LogP contribution in [0.1, 0.15) is 36.8 Å². The van der Waals surface area contributed by atoms with Crippen molar-refractivity contribution in [3.8, 4) is 0 Å². The maximum atomic E-state index is 12.8. The molecule has 0 heterocycles. The van der Waals surface area contributed by atoms with E-state index >= 15 is 0 Å². The molecule has 0 radical (unpaired) electrons. The maximum Gasteiger partial charge on any atom is 0.321 e. The summed E-state index contributed by atoms with van der Waals surface area (Å²) in [6.45, 7) is -0.178. The first-order valence-electron chi connectivity index (χ1n) is 9.44. The number of esters is 1. The number of benzene rings is 2. The van der Waals surface area contributed by atoms with Crippen LogP contribution in [0.5, 0.6) is 0 Å². The Bertz CT molecular complexity index is 815. The summed E-state index contributed by atoms with van der Waals surface area (Å²) in [6, 6.07) is 18.3. The molecule has 1 fully saturated rings. The summed E-state index contributed by atoms with van der Waals surface area (Å²) in [7, 11) is 0. The van der Waals surface area contributed by atoms with E-state index in [4.69, 9.17) is 4.74 Å². The molecule has 2 aromatic carbocycles. The van der Waals surface area contributed by atoms with Crippen LogP contribution in [-0.2, 0) is 26.3 Å². The molecule has 0 aliphatic heterocycles. The highest BCUT2D eigenvalue weighted by Crippen LogP contribution is 2.42. The van der Waals surface area contributed by atoms with E-state index in [0.717, 1.165) is 24.0 Å². The van der Waals surface area contributed by atoms with Gasteiger partial charge in [-0.15, -0.1) is 0 Å². The molecule has 3 amide bonds. The Balaban J connectivity index is 1.49. The summed E-state index contributed by atoms with van der Waals surface area (Å²) in [6.07, 6.45) is 3.29. The predicted molar refractivity (Wildman–Crippen MR) is 104 cm³/mol. The Kier molecular flexibility index (Phi) is 6.42. The Hall–Kier alpha value is -3.15. The molecule has 1 aliphatic carbocycles. The van der Waals surface area contributed by atoms with Gasteiger partial charge in [-0.25, -0.2) is 4.79 Å². The van der Waals surface area contributed by atoms with Crippen LogP contribution in [0.15, 0.2) is 60.7 Å². The third-order valence-electron chi connectivity index (χ3n) is 5.06. The largest absolute Gasteiger partial charge is 0.455 e. The van der Waals surface area contributed by atoms with E-state index < -0.39 is 29.9 Å². The number of imide groups is 1. The molecule has 6 heteroatoms. The zero-order chi connectivity index (χ0) is 19.8. The molecule has 3 rings (SSSR count). The Morgan fingerprint density at radius 1 is 0.893 bits per heavy atom. The number of rotatable bonds is 6. The van der Waals surface area contributed by atoms with Crippen molar-refractivity contribution in [1.29, 1.82) is 0 Å². The van der Waals surface area contributed by atoms with Crippen LogP contribution >= 0.6 is 0 Å². The lowest BCUT2D eigenvalue weighted by molar-refractivity contribution is -0.154. The number of urea groups is 1. The van der Waals surface area contributed by atoms with E-state index in [1.54, 1.807) is 0 Å². The first-order chi connectivity index (χ1) is 13.6. The van der Waals surface area contributed by atoms with E-state index in [0.29, 0.717) is 19.4 Å². The number of hydrogen-bond acceptors (Lipinski definition) is 4. The SMILES string of the molecule is O=C(COC(=O)C1(c2ccccc2)CCCC1)NC(=O)NCc1ccccc1. The predicted octanol–water partition coefficient (Wildman–Crippen LogP) is 3.07. The van der Waals surface area contributed by atoms with Gasteiger partial charge in [-0.3, -0.25) is 14.9 Å². The van der Waals surface area contributed by atoms with Crippen molar-refractivity contribution in [2.75, 3.05) is 6.61 Å². The zero-order valence-corrected chi connectivity index (χ0v) is 15.6. The second kappa shape index (κ2) is 9.17. The van der Waals surface area contributed by atoms with Crippen molar-refractivity contribution >= 4 is 17.9 Å². The van der Waals surface area contributed by atoms with Crippen LogP contribution in [0.25, 0.3) is 0 Å². The number of nitrogens with one attached hydrogen (secondary N) is 2. The molecule has 1 saturated carbocycles. The van der Waals surface area contributed by atoms with Crippen molar-refractivity contribution in [2.45, 2.75) is 37.6 Å². The second-order valence-corrected chi connectivity index (χ2v) is 6.95. The lowest BCUT2D eigenvalue weighted by Gasteiger charge is -2.27. The van der Waals surface area contributed by atoms with Gasteiger partial charge in [0.15, 0.2) is 6.61 Å². The van der Waals surface area contributed by atoms with Crippen LogP contribution in [0.2, 0.25) is 0 Å². The van der Waals surface area contributed by atoms with Gasteiger partial charge in [0.05, 0.1) is 5.41 Å². The van der Waals surface area contributed by atoms with Gasteiger partial charge in [-0.1, -0.05) is 73.5 Å². The molecule has 1 aliphatic rings. The minimum absolute atomic E-state index is 0.302. The van der Waals surface area contributed by atoms with Crippen LogP contribution in [-0.4, -0.2) is 24.5 Å². The monoisotopic (exact) mass is 380 g/mol. The van der Waals surface area contributed by atoms with Crippen molar-refractivity contribution < 1.29 is 19.1 Å². The summed E-state index contributed by atoms with van der Waals surface area (Å²) >= 11 is 0. The first kappa shape index (κ1) is 19.6. The quantitative estimate of drug-likeness (QED) is 0.755. The van der Waals surface area contributed by atoms with Gasteiger partial charge in [0.1, 0.15) is 0 Å². The molecule has 28 heavy (non-hydrogen) atoms. The highest BCUT2D eigenvalue weighted by molar-refractivity contribution is 5.96. The van der Waals surface area contributed by atoms with Gasteiger partial charge in [-0.05, 0) is 24.0 Å². The minimum Gasteiger partial charge on any atom is -0.455 e. The summed E-state index contributed by atoms with van der Waals surface area (Å²) in [4.78, 5) is 36.6. The van der Waals surface area contributed by atoms with E-state index in [2.05, 4.69) is 10.6 Å².